The van der Waals surface area contributed by atoms with Gasteiger partial charge in [-0.15, -0.1) is 5.10 Å². The number of nitrogens with two attached hydrogens (primary N) is 1. The molecule has 1 saturated carbocycles. The van der Waals surface area contributed by atoms with Gasteiger partial charge in [-0.05, 0) is 31.0 Å². The zero-order valence-corrected chi connectivity index (χ0v) is 10.0. The predicted molar refractivity (Wildman–Crippen MR) is 65.8 cm³/mol. The van der Waals surface area contributed by atoms with Crippen molar-refractivity contribution in [3.05, 3.63) is 41.5 Å². The van der Waals surface area contributed by atoms with Crippen LogP contribution in [0.5, 0.6) is 0 Å². The highest BCUT2D eigenvalue weighted by atomic mass is 19.1. The van der Waals surface area contributed by atoms with Gasteiger partial charge in [0.2, 0.25) is 0 Å². The first-order valence-electron chi connectivity index (χ1n) is 6.20. The topological polar surface area (TPSA) is 56.7 Å². The van der Waals surface area contributed by atoms with Crippen LogP contribution in [0.4, 0.5) is 4.39 Å². The Bertz CT molecular complexity index is 560. The summed E-state index contributed by atoms with van der Waals surface area (Å²) in [6.45, 7) is 0.376. The zero-order valence-electron chi connectivity index (χ0n) is 10.0. The Labute approximate surface area is 105 Å². The molecule has 0 radical (unpaired) electrons. The summed E-state index contributed by atoms with van der Waals surface area (Å²) in [6, 6.07) is 6.41. The molecule has 0 saturated heterocycles. The monoisotopic (exact) mass is 246 g/mol. The number of rotatable bonds is 3. The maximum absolute atomic E-state index is 13.3. The summed E-state index contributed by atoms with van der Waals surface area (Å²) in [7, 11) is 0. The Balaban J connectivity index is 2.08. The summed E-state index contributed by atoms with van der Waals surface area (Å²) in [5, 5.41) is 8.23. The van der Waals surface area contributed by atoms with Crippen molar-refractivity contribution in [3.63, 3.8) is 0 Å². The van der Waals surface area contributed by atoms with Gasteiger partial charge in [0.15, 0.2) is 0 Å². The molecule has 1 aliphatic carbocycles. The second-order valence-electron chi connectivity index (χ2n) is 4.65. The number of hydrogen-bond acceptors (Lipinski definition) is 3. The second kappa shape index (κ2) is 4.49. The van der Waals surface area contributed by atoms with Crippen LogP contribution in [0.3, 0.4) is 0 Å². The van der Waals surface area contributed by atoms with Crippen LogP contribution in [0.1, 0.15) is 36.6 Å². The van der Waals surface area contributed by atoms with Gasteiger partial charge in [-0.2, -0.15) is 0 Å². The third-order valence-electron chi connectivity index (χ3n) is 3.52. The standard InChI is InChI=1S/C13H15FN4/c14-10-5-2-6-11(7-10)18-13(9-3-1-4-9)12(8-15)16-17-18/h2,5-7,9H,1,3-4,8,15H2. The third kappa shape index (κ3) is 1.80. The van der Waals surface area contributed by atoms with Crippen molar-refractivity contribution >= 4 is 0 Å². The molecule has 0 bridgehead atoms. The molecule has 3 rings (SSSR count). The molecular weight excluding hydrogens is 231 g/mol. The van der Waals surface area contributed by atoms with Gasteiger partial charge in [0, 0.05) is 12.5 Å². The normalized spacial score (nSPS) is 15.7. The Hall–Kier alpha value is -1.75. The van der Waals surface area contributed by atoms with E-state index in [4.69, 9.17) is 5.73 Å². The summed E-state index contributed by atoms with van der Waals surface area (Å²) in [4.78, 5) is 0. The van der Waals surface area contributed by atoms with Gasteiger partial charge in [0.1, 0.15) is 11.5 Å². The van der Waals surface area contributed by atoms with E-state index in [9.17, 15) is 4.39 Å². The van der Waals surface area contributed by atoms with E-state index in [-0.39, 0.29) is 5.82 Å². The average Bonchev–Trinajstić information content (AvgIpc) is 2.70. The molecule has 4 nitrogen and oxygen atoms in total. The molecule has 1 heterocycles. The van der Waals surface area contributed by atoms with Gasteiger partial charge in [0.05, 0.1) is 11.4 Å². The molecule has 18 heavy (non-hydrogen) atoms. The minimum Gasteiger partial charge on any atom is -0.325 e. The summed E-state index contributed by atoms with van der Waals surface area (Å²) in [6.07, 6.45) is 3.49. The van der Waals surface area contributed by atoms with Crippen LogP contribution in [0.2, 0.25) is 0 Å². The first kappa shape index (κ1) is 11.3. The molecule has 1 aliphatic rings. The molecule has 1 aromatic heterocycles. The summed E-state index contributed by atoms with van der Waals surface area (Å²) >= 11 is 0. The Morgan fingerprint density at radius 3 is 2.83 bits per heavy atom. The van der Waals surface area contributed by atoms with Gasteiger partial charge < -0.3 is 5.73 Å². The molecule has 0 atom stereocenters. The van der Waals surface area contributed by atoms with E-state index < -0.39 is 0 Å². The van der Waals surface area contributed by atoms with Crippen molar-refractivity contribution in [2.45, 2.75) is 31.7 Å². The van der Waals surface area contributed by atoms with E-state index in [2.05, 4.69) is 10.3 Å². The van der Waals surface area contributed by atoms with Crippen molar-refractivity contribution < 1.29 is 4.39 Å². The number of aromatic nitrogens is 3. The van der Waals surface area contributed by atoms with Crippen LogP contribution >= 0.6 is 0 Å². The number of benzene rings is 1. The van der Waals surface area contributed by atoms with Gasteiger partial charge in [0.25, 0.3) is 0 Å². The molecule has 0 spiro atoms. The quantitative estimate of drug-likeness (QED) is 0.902. The van der Waals surface area contributed by atoms with Gasteiger partial charge in [-0.3, -0.25) is 0 Å². The average molecular weight is 246 g/mol. The summed E-state index contributed by atoms with van der Waals surface area (Å²) in [5.41, 5.74) is 8.28. The lowest BCUT2D eigenvalue weighted by molar-refractivity contribution is 0.400. The zero-order chi connectivity index (χ0) is 12.5. The van der Waals surface area contributed by atoms with Crippen molar-refractivity contribution in [2.24, 2.45) is 5.73 Å². The lowest BCUT2D eigenvalue weighted by atomic mass is 9.82. The van der Waals surface area contributed by atoms with Crippen molar-refractivity contribution in [1.29, 1.82) is 0 Å². The predicted octanol–water partition coefficient (Wildman–Crippen LogP) is 2.13. The first-order chi connectivity index (χ1) is 8.79. The van der Waals surface area contributed by atoms with E-state index in [1.165, 1.54) is 18.6 Å². The molecule has 0 amide bonds. The second-order valence-corrected chi connectivity index (χ2v) is 4.65. The molecule has 0 unspecified atom stereocenters. The highest BCUT2D eigenvalue weighted by Crippen LogP contribution is 2.38. The Morgan fingerprint density at radius 2 is 2.22 bits per heavy atom. The molecule has 1 aromatic carbocycles. The molecule has 5 heteroatoms. The SMILES string of the molecule is NCc1nnn(-c2cccc(F)c2)c1C1CCC1. The number of halogens is 1. The Morgan fingerprint density at radius 1 is 1.39 bits per heavy atom. The van der Waals surface area contributed by atoms with E-state index in [1.807, 2.05) is 6.07 Å². The largest absolute Gasteiger partial charge is 0.325 e. The van der Waals surface area contributed by atoms with Gasteiger partial charge in [-0.1, -0.05) is 17.7 Å². The smallest absolute Gasteiger partial charge is 0.125 e. The van der Waals surface area contributed by atoms with Crippen molar-refractivity contribution in [2.75, 3.05) is 0 Å². The minimum atomic E-state index is -0.267. The maximum Gasteiger partial charge on any atom is 0.125 e. The van der Waals surface area contributed by atoms with Gasteiger partial charge in [-0.25, -0.2) is 9.07 Å². The van der Waals surface area contributed by atoms with Crippen molar-refractivity contribution in [3.8, 4) is 5.69 Å². The fourth-order valence-electron chi connectivity index (χ4n) is 2.35. The lowest BCUT2D eigenvalue weighted by Gasteiger charge is -2.26. The Kier molecular flexibility index (Phi) is 2.83. The van der Waals surface area contributed by atoms with Crippen LogP contribution in [0.25, 0.3) is 5.69 Å². The maximum atomic E-state index is 13.3. The first-order valence-corrected chi connectivity index (χ1v) is 6.20. The fourth-order valence-corrected chi connectivity index (χ4v) is 2.35. The van der Waals surface area contributed by atoms with Crippen LogP contribution in [0, 0.1) is 5.82 Å². The number of hydrogen-bond donors (Lipinski definition) is 1. The highest BCUT2D eigenvalue weighted by molar-refractivity contribution is 5.35. The molecule has 94 valence electrons. The van der Waals surface area contributed by atoms with E-state index in [0.717, 1.165) is 24.2 Å². The molecule has 2 aromatic rings. The van der Waals surface area contributed by atoms with Crippen LogP contribution in [0.15, 0.2) is 24.3 Å². The van der Waals surface area contributed by atoms with E-state index in [1.54, 1.807) is 10.7 Å². The fraction of sp³-hybridized carbons (Fsp3) is 0.385. The van der Waals surface area contributed by atoms with E-state index in [0.29, 0.717) is 18.2 Å². The molecule has 2 N–H and O–H groups in total. The lowest BCUT2D eigenvalue weighted by Crippen LogP contribution is -2.17. The molecule has 1 fully saturated rings. The van der Waals surface area contributed by atoms with Crippen LogP contribution < -0.4 is 5.73 Å². The highest BCUT2D eigenvalue weighted by Gasteiger charge is 2.27. The molecular formula is C13H15FN4. The summed E-state index contributed by atoms with van der Waals surface area (Å²) in [5.74, 6) is 0.193. The van der Waals surface area contributed by atoms with E-state index >= 15 is 0 Å². The van der Waals surface area contributed by atoms with Gasteiger partial charge >= 0.3 is 0 Å². The van der Waals surface area contributed by atoms with Crippen LogP contribution in [-0.4, -0.2) is 15.0 Å². The molecule has 0 aliphatic heterocycles. The minimum absolute atomic E-state index is 0.267. The van der Waals surface area contributed by atoms with Crippen molar-refractivity contribution in [1.82, 2.24) is 15.0 Å². The van der Waals surface area contributed by atoms with Crippen LogP contribution in [-0.2, 0) is 6.54 Å². The third-order valence-corrected chi connectivity index (χ3v) is 3.52. The summed E-state index contributed by atoms with van der Waals surface area (Å²) < 4.78 is 15.0. The number of nitrogens with zero attached hydrogens (tertiary/aromatic N) is 3.